The standard InChI is InChI=1S/C15H20N2/c1-3-11-5-4-6-12-9-14(17(2)15(11)12)13-7-8-16-10-13/h4-6,9,13,16H,3,7-8,10H2,1-2H3. The number of para-hydroxylation sites is 1. The SMILES string of the molecule is CCc1cccc2cc(C3CCNC3)n(C)c12. The number of nitrogens with one attached hydrogen (secondary N) is 1. The van der Waals surface area contributed by atoms with Gasteiger partial charge >= 0.3 is 0 Å². The summed E-state index contributed by atoms with van der Waals surface area (Å²) in [4.78, 5) is 0. The molecule has 3 rings (SSSR count). The molecule has 17 heavy (non-hydrogen) atoms. The lowest BCUT2D eigenvalue weighted by molar-refractivity contribution is 0.693. The third-order valence-corrected chi connectivity index (χ3v) is 4.04. The van der Waals surface area contributed by atoms with Crippen LogP contribution in [0, 0.1) is 0 Å². The largest absolute Gasteiger partial charge is 0.347 e. The van der Waals surface area contributed by atoms with Gasteiger partial charge in [0, 0.05) is 30.6 Å². The number of nitrogens with zero attached hydrogens (tertiary/aromatic N) is 1. The van der Waals surface area contributed by atoms with Crippen LogP contribution >= 0.6 is 0 Å². The highest BCUT2D eigenvalue weighted by molar-refractivity contribution is 5.84. The van der Waals surface area contributed by atoms with Crippen LogP contribution in [0.5, 0.6) is 0 Å². The van der Waals surface area contributed by atoms with Crippen LogP contribution in [0.25, 0.3) is 10.9 Å². The van der Waals surface area contributed by atoms with E-state index in [0.717, 1.165) is 19.5 Å². The van der Waals surface area contributed by atoms with Crippen molar-refractivity contribution in [3.63, 3.8) is 0 Å². The number of rotatable bonds is 2. The summed E-state index contributed by atoms with van der Waals surface area (Å²) in [5, 5.41) is 4.85. The first kappa shape index (κ1) is 10.8. The van der Waals surface area contributed by atoms with Crippen LogP contribution in [0.2, 0.25) is 0 Å². The Balaban J connectivity index is 2.17. The van der Waals surface area contributed by atoms with Crippen molar-refractivity contribution in [1.82, 2.24) is 9.88 Å². The molecule has 2 aromatic rings. The van der Waals surface area contributed by atoms with Gasteiger partial charge in [-0.2, -0.15) is 0 Å². The summed E-state index contributed by atoms with van der Waals surface area (Å²) in [5.74, 6) is 0.692. The minimum atomic E-state index is 0.692. The van der Waals surface area contributed by atoms with E-state index in [9.17, 15) is 0 Å². The Bertz CT molecular complexity index is 533. The first-order valence-corrected chi connectivity index (χ1v) is 6.59. The summed E-state index contributed by atoms with van der Waals surface area (Å²) in [6.07, 6.45) is 2.38. The number of fused-ring (bicyclic) bond motifs is 1. The molecule has 1 fully saturated rings. The van der Waals surface area contributed by atoms with E-state index in [1.54, 1.807) is 0 Å². The van der Waals surface area contributed by atoms with E-state index >= 15 is 0 Å². The number of benzene rings is 1. The van der Waals surface area contributed by atoms with Crippen molar-refractivity contribution >= 4 is 10.9 Å². The summed E-state index contributed by atoms with van der Waals surface area (Å²) in [7, 11) is 2.22. The maximum atomic E-state index is 3.46. The van der Waals surface area contributed by atoms with Crippen molar-refractivity contribution in [2.75, 3.05) is 13.1 Å². The molecule has 0 radical (unpaired) electrons. The topological polar surface area (TPSA) is 17.0 Å². The molecule has 2 nitrogen and oxygen atoms in total. The van der Waals surface area contributed by atoms with E-state index in [4.69, 9.17) is 0 Å². The Morgan fingerprint density at radius 2 is 2.29 bits per heavy atom. The average molecular weight is 228 g/mol. The second-order valence-corrected chi connectivity index (χ2v) is 5.03. The van der Waals surface area contributed by atoms with Crippen molar-refractivity contribution in [2.24, 2.45) is 7.05 Å². The predicted octanol–water partition coefficient (Wildman–Crippen LogP) is 2.82. The van der Waals surface area contributed by atoms with E-state index < -0.39 is 0 Å². The molecule has 1 aliphatic rings. The summed E-state index contributed by atoms with van der Waals surface area (Å²) < 4.78 is 2.41. The first-order chi connectivity index (χ1) is 8.31. The zero-order valence-corrected chi connectivity index (χ0v) is 10.7. The number of aryl methyl sites for hydroxylation is 2. The fourth-order valence-electron chi connectivity index (χ4n) is 3.11. The minimum Gasteiger partial charge on any atom is -0.347 e. The molecule has 0 amide bonds. The smallest absolute Gasteiger partial charge is 0.0512 e. The number of hydrogen-bond acceptors (Lipinski definition) is 1. The van der Waals surface area contributed by atoms with E-state index in [2.05, 4.69) is 48.1 Å². The molecular formula is C15H20N2. The molecular weight excluding hydrogens is 208 g/mol. The Morgan fingerprint density at radius 1 is 1.41 bits per heavy atom. The van der Waals surface area contributed by atoms with Crippen LogP contribution in [0.3, 0.4) is 0 Å². The highest BCUT2D eigenvalue weighted by atomic mass is 15.0. The molecule has 2 heterocycles. The lowest BCUT2D eigenvalue weighted by Crippen LogP contribution is -2.10. The second kappa shape index (κ2) is 4.19. The van der Waals surface area contributed by atoms with Crippen LogP contribution in [0.4, 0.5) is 0 Å². The molecule has 90 valence electrons. The van der Waals surface area contributed by atoms with Gasteiger partial charge in [0.15, 0.2) is 0 Å². The molecule has 0 saturated carbocycles. The molecule has 0 spiro atoms. The Labute approximate surface area is 103 Å². The van der Waals surface area contributed by atoms with Crippen molar-refractivity contribution in [1.29, 1.82) is 0 Å². The summed E-state index contributed by atoms with van der Waals surface area (Å²) in [6, 6.07) is 9.05. The van der Waals surface area contributed by atoms with Gasteiger partial charge in [0.2, 0.25) is 0 Å². The monoisotopic (exact) mass is 228 g/mol. The molecule has 1 aliphatic heterocycles. The molecule has 0 bridgehead atoms. The van der Waals surface area contributed by atoms with Gasteiger partial charge in [0.05, 0.1) is 5.52 Å². The van der Waals surface area contributed by atoms with E-state index in [1.165, 1.54) is 28.6 Å². The molecule has 1 atom stereocenters. The summed E-state index contributed by atoms with van der Waals surface area (Å²) in [5.41, 5.74) is 4.38. The molecule has 1 N–H and O–H groups in total. The molecule has 2 heteroatoms. The Kier molecular flexibility index (Phi) is 2.67. The highest BCUT2D eigenvalue weighted by Gasteiger charge is 2.20. The minimum absolute atomic E-state index is 0.692. The molecule has 0 aliphatic carbocycles. The third-order valence-electron chi connectivity index (χ3n) is 4.04. The third kappa shape index (κ3) is 1.67. The van der Waals surface area contributed by atoms with Crippen LogP contribution < -0.4 is 5.32 Å². The fourth-order valence-corrected chi connectivity index (χ4v) is 3.11. The Hall–Kier alpha value is -1.28. The van der Waals surface area contributed by atoms with Crippen LogP contribution in [0.15, 0.2) is 24.3 Å². The zero-order valence-electron chi connectivity index (χ0n) is 10.7. The summed E-state index contributed by atoms with van der Waals surface area (Å²) in [6.45, 7) is 4.52. The van der Waals surface area contributed by atoms with Crippen molar-refractivity contribution in [2.45, 2.75) is 25.7 Å². The first-order valence-electron chi connectivity index (χ1n) is 6.59. The van der Waals surface area contributed by atoms with Crippen molar-refractivity contribution < 1.29 is 0 Å². The molecule has 1 saturated heterocycles. The van der Waals surface area contributed by atoms with Gasteiger partial charge in [0.1, 0.15) is 0 Å². The molecule has 1 aromatic heterocycles. The second-order valence-electron chi connectivity index (χ2n) is 5.03. The van der Waals surface area contributed by atoms with Crippen molar-refractivity contribution in [3.05, 3.63) is 35.5 Å². The molecule has 1 unspecified atom stereocenters. The maximum Gasteiger partial charge on any atom is 0.0512 e. The lowest BCUT2D eigenvalue weighted by Gasteiger charge is -2.11. The number of aromatic nitrogens is 1. The predicted molar refractivity (Wildman–Crippen MR) is 72.5 cm³/mol. The van der Waals surface area contributed by atoms with Crippen LogP contribution in [-0.4, -0.2) is 17.7 Å². The van der Waals surface area contributed by atoms with Gasteiger partial charge in [-0.15, -0.1) is 0 Å². The highest BCUT2D eigenvalue weighted by Crippen LogP contribution is 2.30. The quantitative estimate of drug-likeness (QED) is 0.836. The van der Waals surface area contributed by atoms with Gasteiger partial charge in [-0.05, 0) is 31.0 Å². The Morgan fingerprint density at radius 3 is 3.00 bits per heavy atom. The zero-order chi connectivity index (χ0) is 11.8. The van der Waals surface area contributed by atoms with Crippen LogP contribution in [-0.2, 0) is 13.5 Å². The van der Waals surface area contributed by atoms with Crippen LogP contribution in [0.1, 0.15) is 30.5 Å². The van der Waals surface area contributed by atoms with E-state index in [0.29, 0.717) is 5.92 Å². The van der Waals surface area contributed by atoms with Gasteiger partial charge in [-0.3, -0.25) is 0 Å². The normalized spacial score (nSPS) is 20.2. The van der Waals surface area contributed by atoms with E-state index in [-0.39, 0.29) is 0 Å². The van der Waals surface area contributed by atoms with Gasteiger partial charge in [0.25, 0.3) is 0 Å². The van der Waals surface area contributed by atoms with Gasteiger partial charge < -0.3 is 9.88 Å². The maximum absolute atomic E-state index is 3.46. The van der Waals surface area contributed by atoms with Crippen molar-refractivity contribution in [3.8, 4) is 0 Å². The molecule has 1 aromatic carbocycles. The average Bonchev–Trinajstić information content (AvgIpc) is 2.97. The van der Waals surface area contributed by atoms with Gasteiger partial charge in [-0.25, -0.2) is 0 Å². The fraction of sp³-hybridized carbons (Fsp3) is 0.467. The van der Waals surface area contributed by atoms with Gasteiger partial charge in [-0.1, -0.05) is 25.1 Å². The number of hydrogen-bond donors (Lipinski definition) is 1. The van der Waals surface area contributed by atoms with E-state index in [1.807, 2.05) is 0 Å². The summed E-state index contributed by atoms with van der Waals surface area (Å²) >= 11 is 0. The lowest BCUT2D eigenvalue weighted by atomic mass is 10.0.